The summed E-state index contributed by atoms with van der Waals surface area (Å²) >= 11 is 0. The van der Waals surface area contributed by atoms with E-state index in [1.54, 1.807) is 30.3 Å². The quantitative estimate of drug-likeness (QED) is 0.944. The third kappa shape index (κ3) is 3.19. The molecule has 0 saturated carbocycles. The number of hydrogen-bond donors (Lipinski definition) is 1. The van der Waals surface area contributed by atoms with Gasteiger partial charge in [0, 0.05) is 24.5 Å². The molecule has 3 rings (SSSR count). The second-order valence-corrected chi connectivity index (χ2v) is 6.84. The summed E-state index contributed by atoms with van der Waals surface area (Å²) < 4.78 is 27.0. The summed E-state index contributed by atoms with van der Waals surface area (Å²) in [6, 6.07) is 16.0. The summed E-state index contributed by atoms with van der Waals surface area (Å²) in [4.78, 5) is 2.59. The van der Waals surface area contributed by atoms with E-state index in [4.69, 9.17) is 0 Å². The molecule has 0 aliphatic carbocycles. The van der Waals surface area contributed by atoms with Crippen LogP contribution in [0.4, 0.5) is 11.4 Å². The smallest absolute Gasteiger partial charge is 0.261 e. The molecule has 21 heavy (non-hydrogen) atoms. The topological polar surface area (TPSA) is 49.4 Å². The van der Waals surface area contributed by atoms with E-state index in [1.807, 2.05) is 24.3 Å². The lowest BCUT2D eigenvalue weighted by Crippen LogP contribution is -2.17. The van der Waals surface area contributed by atoms with Gasteiger partial charge in [-0.2, -0.15) is 0 Å². The van der Waals surface area contributed by atoms with Crippen LogP contribution in [-0.2, 0) is 10.0 Å². The molecule has 2 aromatic carbocycles. The van der Waals surface area contributed by atoms with E-state index in [9.17, 15) is 8.42 Å². The molecule has 1 saturated heterocycles. The Balaban J connectivity index is 1.76. The fourth-order valence-electron chi connectivity index (χ4n) is 2.53. The van der Waals surface area contributed by atoms with E-state index >= 15 is 0 Å². The lowest BCUT2D eigenvalue weighted by Gasteiger charge is -2.18. The molecule has 0 aromatic heterocycles. The van der Waals surface area contributed by atoms with Gasteiger partial charge in [-0.15, -0.1) is 0 Å². The molecule has 1 fully saturated rings. The lowest BCUT2D eigenvalue weighted by atomic mass is 10.2. The average molecular weight is 302 g/mol. The molecule has 4 nitrogen and oxygen atoms in total. The fourth-order valence-corrected chi connectivity index (χ4v) is 3.61. The van der Waals surface area contributed by atoms with E-state index < -0.39 is 10.0 Å². The van der Waals surface area contributed by atoms with Crippen LogP contribution in [0, 0.1) is 0 Å². The van der Waals surface area contributed by atoms with Crippen molar-refractivity contribution in [2.24, 2.45) is 0 Å². The molecule has 1 aliphatic heterocycles. The minimum atomic E-state index is -3.51. The number of sulfonamides is 1. The molecule has 0 atom stereocenters. The normalized spacial score (nSPS) is 15.1. The average Bonchev–Trinajstić information content (AvgIpc) is 3.03. The maximum absolute atomic E-state index is 12.2. The van der Waals surface area contributed by atoms with Crippen LogP contribution in [0.15, 0.2) is 59.5 Å². The van der Waals surface area contributed by atoms with Crippen molar-refractivity contribution >= 4 is 21.4 Å². The van der Waals surface area contributed by atoms with Crippen molar-refractivity contribution in [2.75, 3.05) is 22.7 Å². The first-order chi connectivity index (χ1) is 10.1. The molecule has 5 heteroatoms. The van der Waals surface area contributed by atoms with Gasteiger partial charge >= 0.3 is 0 Å². The molecule has 0 unspecified atom stereocenters. The zero-order valence-corrected chi connectivity index (χ0v) is 12.5. The van der Waals surface area contributed by atoms with E-state index in [2.05, 4.69) is 9.62 Å². The first kappa shape index (κ1) is 13.9. The predicted molar refractivity (Wildman–Crippen MR) is 85.1 cm³/mol. The van der Waals surface area contributed by atoms with Gasteiger partial charge in [0.15, 0.2) is 0 Å². The Kier molecular flexibility index (Phi) is 3.84. The molecule has 1 heterocycles. The number of hydrogen-bond acceptors (Lipinski definition) is 3. The van der Waals surface area contributed by atoms with Gasteiger partial charge in [0.1, 0.15) is 0 Å². The highest BCUT2D eigenvalue weighted by molar-refractivity contribution is 7.92. The first-order valence-corrected chi connectivity index (χ1v) is 8.56. The van der Waals surface area contributed by atoms with Crippen LogP contribution in [0.5, 0.6) is 0 Å². The molecule has 0 bridgehead atoms. The van der Waals surface area contributed by atoms with E-state index in [0.717, 1.165) is 18.8 Å². The van der Waals surface area contributed by atoms with Crippen LogP contribution in [0.25, 0.3) is 0 Å². The maximum Gasteiger partial charge on any atom is 0.261 e. The fraction of sp³-hybridized carbons (Fsp3) is 0.250. The Morgan fingerprint density at radius 1 is 0.857 bits per heavy atom. The van der Waals surface area contributed by atoms with Crippen molar-refractivity contribution < 1.29 is 8.42 Å². The standard InChI is InChI=1S/C16H18N2O2S/c19-21(20,16-6-2-1-3-7-16)17-14-8-10-15(11-9-14)18-12-4-5-13-18/h1-3,6-11,17H,4-5,12-13H2. The van der Waals surface area contributed by atoms with Gasteiger partial charge in [0.2, 0.25) is 0 Å². The molecular formula is C16H18N2O2S. The number of benzene rings is 2. The van der Waals surface area contributed by atoms with Crippen LogP contribution >= 0.6 is 0 Å². The summed E-state index contributed by atoms with van der Waals surface area (Å²) in [7, 11) is -3.51. The number of rotatable bonds is 4. The maximum atomic E-state index is 12.2. The molecular weight excluding hydrogens is 284 g/mol. The summed E-state index contributed by atoms with van der Waals surface area (Å²) in [6.07, 6.45) is 2.45. The minimum Gasteiger partial charge on any atom is -0.372 e. The van der Waals surface area contributed by atoms with Crippen LogP contribution in [0.3, 0.4) is 0 Å². The largest absolute Gasteiger partial charge is 0.372 e. The highest BCUT2D eigenvalue weighted by Crippen LogP contribution is 2.23. The van der Waals surface area contributed by atoms with Gasteiger partial charge in [-0.05, 0) is 49.2 Å². The van der Waals surface area contributed by atoms with Gasteiger partial charge in [-0.25, -0.2) is 8.42 Å². The van der Waals surface area contributed by atoms with Crippen molar-refractivity contribution in [1.29, 1.82) is 0 Å². The molecule has 0 amide bonds. The third-order valence-electron chi connectivity index (χ3n) is 3.64. The molecule has 1 N–H and O–H groups in total. The second kappa shape index (κ2) is 5.77. The molecule has 2 aromatic rings. The Morgan fingerprint density at radius 2 is 1.48 bits per heavy atom. The van der Waals surface area contributed by atoms with E-state index in [-0.39, 0.29) is 4.90 Å². The highest BCUT2D eigenvalue weighted by Gasteiger charge is 2.15. The van der Waals surface area contributed by atoms with Gasteiger partial charge < -0.3 is 4.90 Å². The van der Waals surface area contributed by atoms with Crippen molar-refractivity contribution in [3.63, 3.8) is 0 Å². The first-order valence-electron chi connectivity index (χ1n) is 7.08. The summed E-state index contributed by atoms with van der Waals surface area (Å²) in [6.45, 7) is 2.16. The van der Waals surface area contributed by atoms with Gasteiger partial charge in [-0.3, -0.25) is 4.72 Å². The monoisotopic (exact) mass is 302 g/mol. The highest BCUT2D eigenvalue weighted by atomic mass is 32.2. The Morgan fingerprint density at radius 3 is 2.10 bits per heavy atom. The second-order valence-electron chi connectivity index (χ2n) is 5.16. The van der Waals surface area contributed by atoms with Crippen LogP contribution < -0.4 is 9.62 Å². The lowest BCUT2D eigenvalue weighted by molar-refractivity contribution is 0.601. The number of anilines is 2. The number of nitrogens with zero attached hydrogens (tertiary/aromatic N) is 1. The summed E-state index contributed by atoms with van der Waals surface area (Å²) in [5.74, 6) is 0. The summed E-state index contributed by atoms with van der Waals surface area (Å²) in [5.41, 5.74) is 1.73. The van der Waals surface area contributed by atoms with Gasteiger partial charge in [0.25, 0.3) is 10.0 Å². The zero-order chi connectivity index (χ0) is 14.7. The third-order valence-corrected chi connectivity index (χ3v) is 5.04. The van der Waals surface area contributed by atoms with Crippen molar-refractivity contribution in [3.05, 3.63) is 54.6 Å². The van der Waals surface area contributed by atoms with Gasteiger partial charge in [-0.1, -0.05) is 18.2 Å². The minimum absolute atomic E-state index is 0.272. The van der Waals surface area contributed by atoms with Crippen molar-refractivity contribution in [3.8, 4) is 0 Å². The Hall–Kier alpha value is -2.01. The molecule has 0 radical (unpaired) electrons. The van der Waals surface area contributed by atoms with E-state index in [0.29, 0.717) is 5.69 Å². The van der Waals surface area contributed by atoms with Crippen molar-refractivity contribution in [1.82, 2.24) is 0 Å². The predicted octanol–water partition coefficient (Wildman–Crippen LogP) is 3.09. The van der Waals surface area contributed by atoms with Crippen molar-refractivity contribution in [2.45, 2.75) is 17.7 Å². The number of nitrogens with one attached hydrogen (secondary N) is 1. The van der Waals surface area contributed by atoms with Crippen LogP contribution in [-0.4, -0.2) is 21.5 Å². The van der Waals surface area contributed by atoms with Gasteiger partial charge in [0.05, 0.1) is 4.90 Å². The SMILES string of the molecule is O=S(=O)(Nc1ccc(N2CCCC2)cc1)c1ccccc1. The molecule has 1 aliphatic rings. The van der Waals surface area contributed by atoms with E-state index in [1.165, 1.54) is 12.8 Å². The Bertz CT molecular complexity index is 691. The van der Waals surface area contributed by atoms with Crippen LogP contribution in [0.2, 0.25) is 0 Å². The molecule has 110 valence electrons. The molecule has 0 spiro atoms. The zero-order valence-electron chi connectivity index (χ0n) is 11.7. The van der Waals surface area contributed by atoms with Crippen LogP contribution in [0.1, 0.15) is 12.8 Å². The Labute approximate surface area is 125 Å². The summed E-state index contributed by atoms with van der Waals surface area (Å²) in [5, 5.41) is 0.